The van der Waals surface area contributed by atoms with Gasteiger partial charge in [-0.2, -0.15) is 4.98 Å². The van der Waals surface area contributed by atoms with Crippen molar-refractivity contribution in [1.29, 1.82) is 0 Å². The summed E-state index contributed by atoms with van der Waals surface area (Å²) >= 11 is 3.51. The van der Waals surface area contributed by atoms with E-state index >= 15 is 0 Å². The molecule has 3 N–H and O–H groups in total. The standard InChI is InChI=1S/C12H13BrN4O/c1-7-5-9(6-8(2)11(7)13)18-10-3-4-15-12(16-10)17-14/h3-6H,14H2,1-2H3,(H,15,16,17). The van der Waals surface area contributed by atoms with Crippen molar-refractivity contribution in [2.75, 3.05) is 5.43 Å². The van der Waals surface area contributed by atoms with Gasteiger partial charge in [-0.05, 0) is 37.1 Å². The van der Waals surface area contributed by atoms with Gasteiger partial charge in [-0.3, -0.25) is 5.43 Å². The predicted molar refractivity (Wildman–Crippen MR) is 73.5 cm³/mol. The second-order valence-corrected chi connectivity index (χ2v) is 4.63. The Morgan fingerprint density at radius 2 is 1.94 bits per heavy atom. The van der Waals surface area contributed by atoms with E-state index in [1.54, 1.807) is 12.3 Å². The van der Waals surface area contributed by atoms with Crippen molar-refractivity contribution >= 4 is 21.9 Å². The number of anilines is 1. The van der Waals surface area contributed by atoms with Gasteiger partial charge in [0.25, 0.3) is 0 Å². The molecule has 0 amide bonds. The molecular weight excluding hydrogens is 296 g/mol. The number of benzene rings is 1. The average Bonchev–Trinajstić information content (AvgIpc) is 2.36. The van der Waals surface area contributed by atoms with Gasteiger partial charge >= 0.3 is 0 Å². The number of hydrazine groups is 1. The molecular formula is C12H13BrN4O. The van der Waals surface area contributed by atoms with Crippen LogP contribution in [0.4, 0.5) is 5.95 Å². The van der Waals surface area contributed by atoms with Crippen LogP contribution in [-0.4, -0.2) is 9.97 Å². The van der Waals surface area contributed by atoms with E-state index in [1.165, 1.54) is 0 Å². The maximum absolute atomic E-state index is 5.67. The van der Waals surface area contributed by atoms with E-state index in [4.69, 9.17) is 10.6 Å². The SMILES string of the molecule is Cc1cc(Oc2ccnc(NN)n2)cc(C)c1Br. The number of hydrogen-bond donors (Lipinski definition) is 2. The van der Waals surface area contributed by atoms with E-state index < -0.39 is 0 Å². The van der Waals surface area contributed by atoms with E-state index in [0.29, 0.717) is 11.8 Å². The molecule has 0 fully saturated rings. The Balaban J connectivity index is 2.28. The molecule has 0 saturated heterocycles. The highest BCUT2D eigenvalue weighted by Gasteiger charge is 2.05. The molecule has 18 heavy (non-hydrogen) atoms. The van der Waals surface area contributed by atoms with Gasteiger partial charge in [-0.1, -0.05) is 15.9 Å². The number of rotatable bonds is 3. The number of halogens is 1. The summed E-state index contributed by atoms with van der Waals surface area (Å²) in [5, 5.41) is 0. The number of nitrogen functional groups attached to an aromatic ring is 1. The van der Waals surface area contributed by atoms with Gasteiger partial charge in [0.15, 0.2) is 0 Å². The van der Waals surface area contributed by atoms with E-state index in [-0.39, 0.29) is 0 Å². The maximum atomic E-state index is 5.67. The van der Waals surface area contributed by atoms with Gasteiger partial charge in [0.05, 0.1) is 0 Å². The first-order valence-corrected chi connectivity index (χ1v) is 6.13. The highest BCUT2D eigenvalue weighted by Crippen LogP contribution is 2.28. The van der Waals surface area contributed by atoms with Crippen molar-refractivity contribution < 1.29 is 4.74 Å². The average molecular weight is 309 g/mol. The van der Waals surface area contributed by atoms with Crippen molar-refractivity contribution in [3.63, 3.8) is 0 Å². The molecule has 0 bridgehead atoms. The molecule has 94 valence electrons. The minimum atomic E-state index is 0.318. The van der Waals surface area contributed by atoms with Crippen molar-refractivity contribution in [3.8, 4) is 11.6 Å². The molecule has 5 nitrogen and oxygen atoms in total. The molecule has 0 spiro atoms. The van der Waals surface area contributed by atoms with Gasteiger partial charge in [-0.25, -0.2) is 10.8 Å². The Labute approximate surface area is 113 Å². The molecule has 2 aromatic rings. The molecule has 0 aliphatic carbocycles. The third-order valence-electron chi connectivity index (χ3n) is 2.39. The lowest BCUT2D eigenvalue weighted by Crippen LogP contribution is -2.10. The highest BCUT2D eigenvalue weighted by molar-refractivity contribution is 9.10. The number of hydrogen-bond acceptors (Lipinski definition) is 5. The topological polar surface area (TPSA) is 73.1 Å². The largest absolute Gasteiger partial charge is 0.439 e. The van der Waals surface area contributed by atoms with Crippen molar-refractivity contribution in [1.82, 2.24) is 9.97 Å². The fourth-order valence-electron chi connectivity index (χ4n) is 1.55. The summed E-state index contributed by atoms with van der Waals surface area (Å²) in [6.45, 7) is 4.02. The summed E-state index contributed by atoms with van der Waals surface area (Å²) in [6, 6.07) is 5.55. The normalized spacial score (nSPS) is 10.2. The van der Waals surface area contributed by atoms with Gasteiger partial charge in [0.2, 0.25) is 11.8 Å². The first-order chi connectivity index (χ1) is 8.60. The Bertz CT molecular complexity index is 551. The smallest absolute Gasteiger partial charge is 0.240 e. The lowest BCUT2D eigenvalue weighted by Gasteiger charge is -2.09. The molecule has 1 aromatic carbocycles. The number of nitrogens with two attached hydrogens (primary N) is 1. The number of ether oxygens (including phenoxy) is 1. The van der Waals surface area contributed by atoms with E-state index in [2.05, 4.69) is 31.3 Å². The summed E-state index contributed by atoms with van der Waals surface area (Å²) in [5.41, 5.74) is 4.59. The van der Waals surface area contributed by atoms with E-state index in [1.807, 2.05) is 26.0 Å². The zero-order valence-corrected chi connectivity index (χ0v) is 11.7. The van der Waals surface area contributed by atoms with Gasteiger partial charge in [-0.15, -0.1) is 0 Å². The minimum absolute atomic E-state index is 0.318. The molecule has 6 heteroatoms. The summed E-state index contributed by atoms with van der Waals surface area (Å²) < 4.78 is 6.76. The van der Waals surface area contributed by atoms with Gasteiger partial charge in [0.1, 0.15) is 5.75 Å². The highest BCUT2D eigenvalue weighted by atomic mass is 79.9. The van der Waals surface area contributed by atoms with Crippen LogP contribution in [0.15, 0.2) is 28.9 Å². The van der Waals surface area contributed by atoms with Gasteiger partial charge < -0.3 is 4.74 Å². The summed E-state index contributed by atoms with van der Waals surface area (Å²) in [6.07, 6.45) is 1.58. The van der Waals surface area contributed by atoms with E-state index in [9.17, 15) is 0 Å². The molecule has 0 aliphatic heterocycles. The predicted octanol–water partition coefficient (Wildman–Crippen LogP) is 2.93. The zero-order valence-electron chi connectivity index (χ0n) is 10.1. The molecule has 2 rings (SSSR count). The van der Waals surface area contributed by atoms with Crippen LogP contribution >= 0.6 is 15.9 Å². The Morgan fingerprint density at radius 1 is 1.28 bits per heavy atom. The molecule has 0 aliphatic rings. The zero-order chi connectivity index (χ0) is 13.1. The molecule has 1 aromatic heterocycles. The fraction of sp³-hybridized carbons (Fsp3) is 0.167. The first-order valence-electron chi connectivity index (χ1n) is 5.34. The quantitative estimate of drug-likeness (QED) is 0.673. The monoisotopic (exact) mass is 308 g/mol. The molecule has 0 radical (unpaired) electrons. The summed E-state index contributed by atoms with van der Waals surface area (Å²) in [4.78, 5) is 8.00. The Hall–Kier alpha value is -1.66. The number of nitrogens with one attached hydrogen (secondary N) is 1. The molecule has 0 unspecified atom stereocenters. The van der Waals surface area contributed by atoms with Crippen molar-refractivity contribution in [2.24, 2.45) is 5.84 Å². The maximum Gasteiger partial charge on any atom is 0.240 e. The van der Waals surface area contributed by atoms with Crippen LogP contribution in [-0.2, 0) is 0 Å². The van der Waals surface area contributed by atoms with E-state index in [0.717, 1.165) is 21.3 Å². The lowest BCUT2D eigenvalue weighted by atomic mass is 10.1. The molecule has 0 saturated carbocycles. The second-order valence-electron chi connectivity index (χ2n) is 3.84. The van der Waals surface area contributed by atoms with Crippen LogP contribution in [0, 0.1) is 13.8 Å². The van der Waals surface area contributed by atoms with Crippen molar-refractivity contribution in [2.45, 2.75) is 13.8 Å². The second kappa shape index (κ2) is 5.32. The third kappa shape index (κ3) is 2.77. The molecule has 0 atom stereocenters. The summed E-state index contributed by atoms with van der Waals surface area (Å²) in [5.74, 6) is 6.74. The van der Waals surface area contributed by atoms with Crippen LogP contribution in [0.25, 0.3) is 0 Å². The lowest BCUT2D eigenvalue weighted by molar-refractivity contribution is 0.461. The van der Waals surface area contributed by atoms with Crippen molar-refractivity contribution in [3.05, 3.63) is 40.0 Å². The first kappa shape index (κ1) is 12.8. The van der Waals surface area contributed by atoms with Crippen LogP contribution in [0.1, 0.15) is 11.1 Å². The number of aromatic nitrogens is 2. The van der Waals surface area contributed by atoms with Crippen LogP contribution < -0.4 is 16.0 Å². The minimum Gasteiger partial charge on any atom is -0.439 e. The number of nitrogens with zero attached hydrogens (tertiary/aromatic N) is 2. The van der Waals surface area contributed by atoms with Crippen LogP contribution in [0.5, 0.6) is 11.6 Å². The van der Waals surface area contributed by atoms with Gasteiger partial charge in [0, 0.05) is 16.7 Å². The Morgan fingerprint density at radius 3 is 2.56 bits per heavy atom. The van der Waals surface area contributed by atoms with Crippen LogP contribution in [0.2, 0.25) is 0 Å². The Kier molecular flexibility index (Phi) is 3.78. The van der Waals surface area contributed by atoms with Crippen LogP contribution in [0.3, 0.4) is 0 Å². The fourth-order valence-corrected chi connectivity index (χ4v) is 1.78. The molecule has 1 heterocycles. The summed E-state index contributed by atoms with van der Waals surface area (Å²) in [7, 11) is 0. The third-order valence-corrected chi connectivity index (χ3v) is 3.64. The number of aryl methyl sites for hydroxylation is 2.